The van der Waals surface area contributed by atoms with Crippen LogP contribution < -0.4 is 11.5 Å². The number of unbranched alkanes of at least 4 members (excludes halogenated alkanes) is 6. The van der Waals surface area contributed by atoms with Gasteiger partial charge in [0.2, 0.25) is 0 Å². The average Bonchev–Trinajstić information content (AvgIpc) is 3.00. The second kappa shape index (κ2) is 16.8. The van der Waals surface area contributed by atoms with E-state index in [-0.39, 0.29) is 0 Å². The monoisotopic (exact) mass is 560 g/mol. The number of nitrogens with two attached hydrogens (primary N) is 2. The smallest absolute Gasteiger partial charge is 0.0314 e. The Balaban J connectivity index is 1.50. The summed E-state index contributed by atoms with van der Waals surface area (Å²) in [4.78, 5) is 0. The molecule has 4 rings (SSSR count). The molecule has 0 spiro atoms. The number of benzene rings is 4. The first-order valence-electron chi connectivity index (χ1n) is 16.4. The molecule has 4 aromatic carbocycles. The summed E-state index contributed by atoms with van der Waals surface area (Å²) in [5.74, 6) is 0. The van der Waals surface area contributed by atoms with Crippen molar-refractivity contribution in [2.24, 2.45) is 0 Å². The highest BCUT2D eigenvalue weighted by molar-refractivity contribution is 5.43. The Bertz CT molecular complexity index is 1240. The van der Waals surface area contributed by atoms with Gasteiger partial charge in [-0.15, -0.1) is 0 Å². The Morgan fingerprint density at radius 1 is 0.381 bits per heavy atom. The van der Waals surface area contributed by atoms with E-state index in [1.54, 1.807) is 11.1 Å². The maximum Gasteiger partial charge on any atom is 0.0314 e. The first-order chi connectivity index (χ1) is 20.5. The first kappa shape index (κ1) is 31.4. The first-order valence-corrected chi connectivity index (χ1v) is 16.4. The van der Waals surface area contributed by atoms with Gasteiger partial charge in [-0.05, 0) is 120 Å². The van der Waals surface area contributed by atoms with Crippen LogP contribution in [-0.4, -0.2) is 0 Å². The molecular weight excluding hydrogens is 508 g/mol. The molecule has 2 nitrogen and oxygen atoms in total. The van der Waals surface area contributed by atoms with Crippen molar-refractivity contribution in [3.8, 4) is 0 Å². The number of rotatable bonds is 17. The van der Waals surface area contributed by atoms with Crippen molar-refractivity contribution in [1.82, 2.24) is 0 Å². The third-order valence-corrected chi connectivity index (χ3v) is 8.58. The van der Waals surface area contributed by atoms with Crippen molar-refractivity contribution in [3.05, 3.63) is 129 Å². The van der Waals surface area contributed by atoms with Gasteiger partial charge in [-0.25, -0.2) is 0 Å². The Labute approximate surface area is 255 Å². The zero-order chi connectivity index (χ0) is 29.6. The van der Waals surface area contributed by atoms with Gasteiger partial charge in [0, 0.05) is 11.4 Å². The van der Waals surface area contributed by atoms with Gasteiger partial charge in [-0.1, -0.05) is 113 Å². The Morgan fingerprint density at radius 3 is 1.14 bits per heavy atom. The summed E-state index contributed by atoms with van der Waals surface area (Å²) < 4.78 is 0. The fourth-order valence-corrected chi connectivity index (χ4v) is 6.03. The minimum absolute atomic E-state index is 0.828. The largest absolute Gasteiger partial charge is 0.399 e. The lowest BCUT2D eigenvalue weighted by Crippen LogP contribution is -2.03. The van der Waals surface area contributed by atoms with E-state index < -0.39 is 0 Å². The molecule has 0 radical (unpaired) electrons. The van der Waals surface area contributed by atoms with Gasteiger partial charge in [-0.2, -0.15) is 0 Å². The van der Waals surface area contributed by atoms with Crippen molar-refractivity contribution >= 4 is 11.4 Å². The number of hydrogen-bond acceptors (Lipinski definition) is 2. The van der Waals surface area contributed by atoms with Crippen LogP contribution in [0.2, 0.25) is 0 Å². The molecule has 222 valence electrons. The molecule has 0 aliphatic carbocycles. The van der Waals surface area contributed by atoms with Crippen LogP contribution in [0.25, 0.3) is 0 Å². The number of nitrogen functional groups attached to an aromatic ring is 2. The van der Waals surface area contributed by atoms with Gasteiger partial charge in [0.1, 0.15) is 0 Å². The molecule has 0 aliphatic rings. The van der Waals surface area contributed by atoms with Crippen LogP contribution in [0.4, 0.5) is 11.4 Å². The molecule has 0 saturated heterocycles. The van der Waals surface area contributed by atoms with Gasteiger partial charge in [0.15, 0.2) is 0 Å². The molecule has 0 heterocycles. The van der Waals surface area contributed by atoms with Crippen LogP contribution in [0.5, 0.6) is 0 Å². The Hall–Kier alpha value is -3.52. The molecule has 0 atom stereocenters. The number of aryl methyl sites for hydroxylation is 4. The standard InChI is InChI=1S/C40H52N2/c1-3-5-7-9-11-37-29-33(27-31-15-23-39(41)24-16-31)13-19-35(37)21-22-36-20-14-34(28-32-17-25-40(42)26-18-32)30-38(36)12-10-8-6-4-2/h13-20,23-26,29-30H,3-12,21-22,27-28,41-42H2,1-2H3. The highest BCUT2D eigenvalue weighted by Gasteiger charge is 2.10. The molecule has 42 heavy (non-hydrogen) atoms. The van der Waals surface area contributed by atoms with Gasteiger partial charge in [0.05, 0.1) is 0 Å². The highest BCUT2D eigenvalue weighted by atomic mass is 14.5. The van der Waals surface area contributed by atoms with Crippen LogP contribution >= 0.6 is 0 Å². The Kier molecular flexibility index (Phi) is 12.6. The molecule has 0 amide bonds. The molecular formula is C40H52N2. The molecule has 0 unspecified atom stereocenters. The van der Waals surface area contributed by atoms with Gasteiger partial charge >= 0.3 is 0 Å². The SMILES string of the molecule is CCCCCCc1cc(Cc2ccc(N)cc2)ccc1CCc1ccc(Cc2ccc(N)cc2)cc1CCCCCC. The van der Waals surface area contributed by atoms with Crippen molar-refractivity contribution in [2.45, 2.75) is 104 Å². The fraction of sp³-hybridized carbons (Fsp3) is 0.400. The van der Waals surface area contributed by atoms with Crippen molar-refractivity contribution in [1.29, 1.82) is 0 Å². The third kappa shape index (κ3) is 10.1. The predicted octanol–water partition coefficient (Wildman–Crippen LogP) is 10.1. The third-order valence-electron chi connectivity index (χ3n) is 8.58. The summed E-state index contributed by atoms with van der Waals surface area (Å²) in [5, 5.41) is 0. The normalized spacial score (nSPS) is 11.2. The van der Waals surface area contributed by atoms with E-state index in [9.17, 15) is 0 Å². The second-order valence-electron chi connectivity index (χ2n) is 12.2. The Morgan fingerprint density at radius 2 is 0.762 bits per heavy atom. The summed E-state index contributed by atoms with van der Waals surface area (Å²) >= 11 is 0. The number of anilines is 2. The molecule has 2 heteroatoms. The van der Waals surface area contributed by atoms with Gasteiger partial charge < -0.3 is 11.5 Å². The lowest BCUT2D eigenvalue weighted by atomic mass is 9.90. The highest BCUT2D eigenvalue weighted by Crippen LogP contribution is 2.24. The molecule has 4 N–H and O–H groups in total. The van der Waals surface area contributed by atoms with Crippen LogP contribution in [0.15, 0.2) is 84.9 Å². The quantitative estimate of drug-likeness (QED) is 0.0997. The average molecular weight is 561 g/mol. The minimum atomic E-state index is 0.828. The lowest BCUT2D eigenvalue weighted by molar-refractivity contribution is 0.661. The maximum absolute atomic E-state index is 5.92. The summed E-state index contributed by atoms with van der Waals surface area (Å²) in [6.07, 6.45) is 16.8. The second-order valence-corrected chi connectivity index (χ2v) is 12.2. The van der Waals surface area contributed by atoms with E-state index in [0.717, 1.165) is 37.1 Å². The topological polar surface area (TPSA) is 52.0 Å². The summed E-state index contributed by atoms with van der Waals surface area (Å²) in [6, 6.07) is 31.2. The van der Waals surface area contributed by atoms with E-state index in [0.29, 0.717) is 0 Å². The summed E-state index contributed by atoms with van der Waals surface area (Å²) in [6.45, 7) is 4.58. The molecule has 0 saturated carbocycles. The summed E-state index contributed by atoms with van der Waals surface area (Å²) in [5.41, 5.74) is 25.1. The van der Waals surface area contributed by atoms with Crippen LogP contribution in [-0.2, 0) is 38.5 Å². The van der Waals surface area contributed by atoms with E-state index in [2.05, 4.69) is 74.5 Å². The van der Waals surface area contributed by atoms with Crippen LogP contribution in [0.3, 0.4) is 0 Å². The lowest BCUT2D eigenvalue weighted by Gasteiger charge is -2.16. The zero-order valence-corrected chi connectivity index (χ0v) is 26.1. The van der Waals surface area contributed by atoms with E-state index in [4.69, 9.17) is 11.5 Å². The predicted molar refractivity (Wildman–Crippen MR) is 183 cm³/mol. The summed E-state index contributed by atoms with van der Waals surface area (Å²) in [7, 11) is 0. The molecule has 0 bridgehead atoms. The van der Waals surface area contributed by atoms with E-state index >= 15 is 0 Å². The van der Waals surface area contributed by atoms with Crippen molar-refractivity contribution in [3.63, 3.8) is 0 Å². The van der Waals surface area contributed by atoms with E-state index in [1.807, 2.05) is 24.3 Å². The van der Waals surface area contributed by atoms with E-state index in [1.165, 1.54) is 97.6 Å². The zero-order valence-electron chi connectivity index (χ0n) is 26.1. The van der Waals surface area contributed by atoms with Gasteiger partial charge in [-0.3, -0.25) is 0 Å². The van der Waals surface area contributed by atoms with Crippen molar-refractivity contribution in [2.75, 3.05) is 11.5 Å². The molecule has 0 aliphatic heterocycles. The van der Waals surface area contributed by atoms with Crippen LogP contribution in [0.1, 0.15) is 110 Å². The molecule has 0 aromatic heterocycles. The van der Waals surface area contributed by atoms with Gasteiger partial charge in [0.25, 0.3) is 0 Å². The molecule has 4 aromatic rings. The van der Waals surface area contributed by atoms with Crippen molar-refractivity contribution < 1.29 is 0 Å². The maximum atomic E-state index is 5.92. The minimum Gasteiger partial charge on any atom is -0.399 e. The fourth-order valence-electron chi connectivity index (χ4n) is 6.03. The number of hydrogen-bond donors (Lipinski definition) is 2. The van der Waals surface area contributed by atoms with Crippen LogP contribution in [0, 0.1) is 0 Å². The molecule has 0 fully saturated rings.